The van der Waals surface area contributed by atoms with E-state index in [1.54, 1.807) is 0 Å². The average molecular weight is 161 g/mol. The lowest BCUT2D eigenvalue weighted by Crippen LogP contribution is -2.03. The normalized spacial score (nSPS) is 9.70. The van der Waals surface area contributed by atoms with E-state index in [0.29, 0.717) is 12.1 Å². The Labute approximate surface area is 62.0 Å². The summed E-state index contributed by atoms with van der Waals surface area (Å²) in [6.07, 6.45) is 0.694. The second-order valence-electron chi connectivity index (χ2n) is 1.56. The van der Waals surface area contributed by atoms with Crippen molar-refractivity contribution < 1.29 is 4.79 Å². The maximum Gasteiger partial charge on any atom is 0.189 e. The number of rotatable bonds is 3. The fraction of sp³-hybridized carbons (Fsp3) is 0.500. The molecule has 0 radical (unpaired) electrons. The number of aromatic nitrogens is 4. The van der Waals surface area contributed by atoms with Crippen molar-refractivity contribution in [2.45, 2.75) is 12.4 Å². The van der Waals surface area contributed by atoms with E-state index in [2.05, 4.69) is 15.4 Å². The van der Waals surface area contributed by atoms with Gasteiger partial charge < -0.3 is 4.79 Å². The van der Waals surface area contributed by atoms with E-state index in [0.717, 1.165) is 0 Å². The van der Waals surface area contributed by atoms with E-state index in [1.165, 1.54) is 4.80 Å². The van der Waals surface area contributed by atoms with Crippen LogP contribution in [0, 0.1) is 0 Å². The van der Waals surface area contributed by atoms with Gasteiger partial charge in [-0.25, -0.2) is 0 Å². The van der Waals surface area contributed by atoms with Crippen LogP contribution in [0.2, 0.25) is 0 Å². The summed E-state index contributed by atoms with van der Waals surface area (Å²) in [6.45, 7) is 0.129. The zero-order chi connectivity index (χ0) is 7.40. The fourth-order valence-corrected chi connectivity index (χ4v) is 0.581. The van der Waals surface area contributed by atoms with Crippen LogP contribution in [0.4, 0.5) is 0 Å². The Hall–Kier alpha value is -0.970. The van der Waals surface area contributed by atoms with Crippen LogP contribution in [0.15, 0.2) is 0 Å². The maximum atomic E-state index is 9.91. The van der Waals surface area contributed by atoms with Gasteiger partial charge in [-0.2, -0.15) is 4.80 Å². The van der Waals surface area contributed by atoms with Crippen molar-refractivity contribution in [3.8, 4) is 0 Å². The fourth-order valence-electron chi connectivity index (χ4n) is 0.474. The Kier molecular flexibility index (Phi) is 2.33. The van der Waals surface area contributed by atoms with E-state index in [-0.39, 0.29) is 12.4 Å². The molecule has 10 heavy (non-hydrogen) atoms. The SMILES string of the molecule is O=CCn1nnc(CCl)n1. The van der Waals surface area contributed by atoms with Crippen molar-refractivity contribution in [1.29, 1.82) is 0 Å². The van der Waals surface area contributed by atoms with Crippen LogP contribution in [0.1, 0.15) is 5.82 Å². The van der Waals surface area contributed by atoms with Gasteiger partial charge in [0.2, 0.25) is 0 Å². The summed E-state index contributed by atoms with van der Waals surface area (Å²) in [6, 6.07) is 0. The minimum atomic E-state index is 0.129. The zero-order valence-electron chi connectivity index (χ0n) is 5.07. The maximum absolute atomic E-state index is 9.91. The molecule has 0 amide bonds. The molecule has 0 spiro atoms. The third-order valence-corrected chi connectivity index (χ3v) is 1.09. The van der Waals surface area contributed by atoms with Crippen molar-refractivity contribution in [1.82, 2.24) is 20.2 Å². The molecule has 54 valence electrons. The van der Waals surface area contributed by atoms with E-state index in [4.69, 9.17) is 11.6 Å². The highest BCUT2D eigenvalue weighted by Crippen LogP contribution is 1.90. The van der Waals surface area contributed by atoms with E-state index >= 15 is 0 Å². The van der Waals surface area contributed by atoms with E-state index in [9.17, 15) is 4.79 Å². The quantitative estimate of drug-likeness (QED) is 0.446. The first kappa shape index (κ1) is 7.14. The minimum absolute atomic E-state index is 0.129. The minimum Gasteiger partial charge on any atom is -0.301 e. The van der Waals surface area contributed by atoms with Crippen molar-refractivity contribution >= 4 is 17.9 Å². The van der Waals surface area contributed by atoms with Gasteiger partial charge in [0.25, 0.3) is 0 Å². The van der Waals surface area contributed by atoms with Gasteiger partial charge in [0.05, 0.1) is 5.88 Å². The Morgan fingerprint density at radius 3 is 3.00 bits per heavy atom. The molecular weight excluding hydrogens is 156 g/mol. The lowest BCUT2D eigenvalue weighted by Gasteiger charge is -1.83. The van der Waals surface area contributed by atoms with Gasteiger partial charge in [-0.3, -0.25) is 0 Å². The molecule has 0 aliphatic rings. The molecule has 0 saturated carbocycles. The van der Waals surface area contributed by atoms with E-state index in [1.807, 2.05) is 0 Å². The number of aldehydes is 1. The first-order valence-corrected chi connectivity index (χ1v) is 3.16. The van der Waals surface area contributed by atoms with Gasteiger partial charge in [0.15, 0.2) is 5.82 Å². The molecule has 1 heterocycles. The summed E-state index contributed by atoms with van der Waals surface area (Å²) in [4.78, 5) is 11.1. The molecule has 1 aromatic rings. The van der Waals surface area contributed by atoms with Crippen molar-refractivity contribution in [3.63, 3.8) is 0 Å². The molecule has 0 aromatic carbocycles. The number of halogens is 1. The van der Waals surface area contributed by atoms with Crippen molar-refractivity contribution in [3.05, 3.63) is 5.82 Å². The molecule has 0 aliphatic carbocycles. The second kappa shape index (κ2) is 3.26. The van der Waals surface area contributed by atoms with Crippen molar-refractivity contribution in [2.75, 3.05) is 0 Å². The Morgan fingerprint density at radius 2 is 2.50 bits per heavy atom. The molecule has 0 saturated heterocycles. The van der Waals surface area contributed by atoms with Gasteiger partial charge >= 0.3 is 0 Å². The predicted molar refractivity (Wildman–Crippen MR) is 33.4 cm³/mol. The summed E-state index contributed by atoms with van der Waals surface area (Å²) in [5.41, 5.74) is 0. The topological polar surface area (TPSA) is 60.7 Å². The molecule has 0 N–H and O–H groups in total. The number of alkyl halides is 1. The molecule has 6 heteroatoms. The van der Waals surface area contributed by atoms with Crippen LogP contribution in [0.3, 0.4) is 0 Å². The zero-order valence-corrected chi connectivity index (χ0v) is 5.82. The lowest BCUT2D eigenvalue weighted by atomic mass is 10.7. The highest BCUT2D eigenvalue weighted by molar-refractivity contribution is 6.16. The Morgan fingerprint density at radius 1 is 1.70 bits per heavy atom. The number of hydrogen-bond acceptors (Lipinski definition) is 4. The van der Waals surface area contributed by atoms with Crippen LogP contribution in [-0.4, -0.2) is 26.5 Å². The molecule has 0 unspecified atom stereocenters. The van der Waals surface area contributed by atoms with Gasteiger partial charge in [0, 0.05) is 0 Å². The number of hydrogen-bond donors (Lipinski definition) is 0. The summed E-state index contributed by atoms with van der Waals surface area (Å²) in [5, 5.41) is 10.8. The summed E-state index contributed by atoms with van der Waals surface area (Å²) < 4.78 is 0. The van der Waals surface area contributed by atoms with Crippen LogP contribution in [0.5, 0.6) is 0 Å². The van der Waals surface area contributed by atoms with Crippen molar-refractivity contribution in [2.24, 2.45) is 0 Å². The number of carbonyl (C=O) groups is 1. The number of carbonyl (C=O) groups excluding carboxylic acids is 1. The molecule has 0 bridgehead atoms. The van der Waals surface area contributed by atoms with Crippen LogP contribution in [-0.2, 0) is 17.2 Å². The first-order valence-electron chi connectivity index (χ1n) is 2.63. The second-order valence-corrected chi connectivity index (χ2v) is 1.83. The molecule has 0 fully saturated rings. The smallest absolute Gasteiger partial charge is 0.189 e. The first-order chi connectivity index (χ1) is 4.86. The lowest BCUT2D eigenvalue weighted by molar-refractivity contribution is -0.108. The van der Waals surface area contributed by atoms with Gasteiger partial charge in [-0.1, -0.05) is 0 Å². The van der Waals surface area contributed by atoms with Gasteiger partial charge in [0.1, 0.15) is 12.8 Å². The molecule has 0 aliphatic heterocycles. The van der Waals surface area contributed by atoms with Gasteiger partial charge in [-0.05, 0) is 5.21 Å². The number of nitrogens with zero attached hydrogens (tertiary/aromatic N) is 4. The van der Waals surface area contributed by atoms with Crippen LogP contribution >= 0.6 is 11.6 Å². The highest BCUT2D eigenvalue weighted by atomic mass is 35.5. The molecule has 1 rings (SSSR count). The monoisotopic (exact) mass is 160 g/mol. The molecule has 5 nitrogen and oxygen atoms in total. The summed E-state index contributed by atoms with van der Waals surface area (Å²) in [7, 11) is 0. The third kappa shape index (κ3) is 1.51. The van der Waals surface area contributed by atoms with Gasteiger partial charge in [-0.15, -0.1) is 21.8 Å². The Balaban J connectivity index is 2.67. The summed E-state index contributed by atoms with van der Waals surface area (Å²) >= 11 is 5.37. The predicted octanol–water partition coefficient (Wildman–Crippen LogP) is -0.389. The standard InChI is InChI=1S/C4H5ClN4O/c5-3-4-6-8-9(7-4)1-2-10/h2H,1,3H2. The van der Waals surface area contributed by atoms with Crippen LogP contribution in [0.25, 0.3) is 0 Å². The third-order valence-electron chi connectivity index (χ3n) is 0.852. The van der Waals surface area contributed by atoms with E-state index < -0.39 is 0 Å². The average Bonchev–Trinajstić information content (AvgIpc) is 2.37. The number of tetrazole rings is 1. The highest BCUT2D eigenvalue weighted by Gasteiger charge is 1.97. The Bertz CT molecular complexity index is 223. The molecule has 1 aromatic heterocycles. The van der Waals surface area contributed by atoms with Crippen LogP contribution < -0.4 is 0 Å². The largest absolute Gasteiger partial charge is 0.301 e. The summed E-state index contributed by atoms with van der Waals surface area (Å²) in [5.74, 6) is 0.655. The molecular formula is C4H5ClN4O. The molecule has 0 atom stereocenters.